The van der Waals surface area contributed by atoms with Gasteiger partial charge in [-0.05, 0) is 24.3 Å². The summed E-state index contributed by atoms with van der Waals surface area (Å²) in [4.78, 5) is 0. The first-order valence-corrected chi connectivity index (χ1v) is 7.97. The lowest BCUT2D eigenvalue weighted by Gasteiger charge is -2.27. The Balaban J connectivity index is 2.12. The van der Waals surface area contributed by atoms with Gasteiger partial charge in [-0.15, -0.1) is 0 Å². The Hall–Kier alpha value is -1.57. The Morgan fingerprint density at radius 3 is 1.50 bits per heavy atom. The van der Waals surface area contributed by atoms with Crippen LogP contribution in [0, 0.1) is 0 Å². The number of nitrogens with zero attached hydrogens (tertiary/aromatic N) is 1. The van der Waals surface area contributed by atoms with Crippen LogP contribution in [0.5, 0.6) is 11.5 Å². The van der Waals surface area contributed by atoms with Crippen LogP contribution in [0.2, 0.25) is 0 Å². The Kier molecular flexibility index (Phi) is 5.85. The quantitative estimate of drug-likeness (QED) is 0.689. The molecule has 0 saturated carbocycles. The molecule has 0 atom stereocenters. The van der Waals surface area contributed by atoms with Gasteiger partial charge in [-0.3, -0.25) is 0 Å². The van der Waals surface area contributed by atoms with Gasteiger partial charge in [0.15, 0.2) is 0 Å². The van der Waals surface area contributed by atoms with Crippen molar-refractivity contribution in [3.05, 3.63) is 60.7 Å². The molecular weight excluding hydrogens is 269 g/mol. The molecule has 0 unspecified atom stereocenters. The van der Waals surface area contributed by atoms with Gasteiger partial charge in [-0.2, -0.15) is 0 Å². The maximum Gasteiger partial charge on any atom is 0.384 e. The Bertz CT molecular complexity index is 447. The average molecular weight is 289 g/mol. The van der Waals surface area contributed by atoms with E-state index in [9.17, 15) is 0 Å². The van der Waals surface area contributed by atoms with Gasteiger partial charge >= 0.3 is 8.53 Å². The fourth-order valence-corrected chi connectivity index (χ4v) is 3.07. The van der Waals surface area contributed by atoms with Crippen LogP contribution in [0.15, 0.2) is 60.7 Å². The van der Waals surface area contributed by atoms with Crippen LogP contribution in [0.4, 0.5) is 0 Å². The molecule has 0 aliphatic heterocycles. The fourth-order valence-electron chi connectivity index (χ4n) is 1.73. The van der Waals surface area contributed by atoms with Crippen LogP contribution in [-0.2, 0) is 0 Å². The van der Waals surface area contributed by atoms with E-state index in [-0.39, 0.29) is 0 Å². The predicted molar refractivity (Wildman–Crippen MR) is 84.0 cm³/mol. The van der Waals surface area contributed by atoms with Crippen LogP contribution < -0.4 is 9.05 Å². The second kappa shape index (κ2) is 7.88. The monoisotopic (exact) mass is 289 g/mol. The van der Waals surface area contributed by atoms with E-state index >= 15 is 0 Å². The van der Waals surface area contributed by atoms with Crippen molar-refractivity contribution < 1.29 is 9.05 Å². The van der Waals surface area contributed by atoms with E-state index in [1.807, 2.05) is 60.7 Å². The highest BCUT2D eigenvalue weighted by Gasteiger charge is 2.22. The van der Waals surface area contributed by atoms with Crippen LogP contribution in [0.25, 0.3) is 0 Å². The van der Waals surface area contributed by atoms with Crippen molar-refractivity contribution in [3.63, 3.8) is 0 Å². The van der Waals surface area contributed by atoms with Crippen molar-refractivity contribution in [2.75, 3.05) is 13.1 Å². The highest BCUT2D eigenvalue weighted by molar-refractivity contribution is 7.45. The minimum atomic E-state index is -1.14. The molecular formula is C16H20NO2P. The number of para-hydroxylation sites is 2. The molecule has 106 valence electrons. The van der Waals surface area contributed by atoms with Crippen LogP contribution in [0.3, 0.4) is 0 Å². The third-order valence-electron chi connectivity index (χ3n) is 2.81. The Morgan fingerprint density at radius 1 is 0.750 bits per heavy atom. The van der Waals surface area contributed by atoms with Crippen molar-refractivity contribution in [1.29, 1.82) is 0 Å². The summed E-state index contributed by atoms with van der Waals surface area (Å²) in [5.41, 5.74) is 0. The molecule has 0 amide bonds. The van der Waals surface area contributed by atoms with E-state index < -0.39 is 8.53 Å². The molecule has 2 aromatic carbocycles. The SMILES string of the molecule is CCN(CC)P(Oc1ccccc1)Oc1ccccc1. The molecule has 2 rings (SSSR count). The van der Waals surface area contributed by atoms with Gasteiger partial charge < -0.3 is 9.05 Å². The predicted octanol–water partition coefficient (Wildman–Crippen LogP) is 4.71. The summed E-state index contributed by atoms with van der Waals surface area (Å²) >= 11 is 0. The summed E-state index contributed by atoms with van der Waals surface area (Å²) in [5, 5.41) is 0. The number of hydrogen-bond donors (Lipinski definition) is 0. The minimum absolute atomic E-state index is 0.835. The third-order valence-corrected chi connectivity index (χ3v) is 4.58. The summed E-state index contributed by atoms with van der Waals surface area (Å²) in [6.07, 6.45) is 0. The second-order valence-corrected chi connectivity index (χ2v) is 5.59. The van der Waals surface area contributed by atoms with E-state index in [0.717, 1.165) is 24.6 Å². The van der Waals surface area contributed by atoms with E-state index in [2.05, 4.69) is 18.5 Å². The van der Waals surface area contributed by atoms with E-state index in [1.165, 1.54) is 0 Å². The van der Waals surface area contributed by atoms with Gasteiger partial charge in [0.1, 0.15) is 11.5 Å². The molecule has 0 heterocycles. The largest absolute Gasteiger partial charge is 0.427 e. The standard InChI is InChI=1S/C16H20NO2P/c1-3-17(4-2)20(18-15-11-7-5-8-12-15)19-16-13-9-6-10-14-16/h5-14H,3-4H2,1-2H3. The number of rotatable bonds is 7. The Morgan fingerprint density at radius 2 is 1.15 bits per heavy atom. The molecule has 0 saturated heterocycles. The highest BCUT2D eigenvalue weighted by Crippen LogP contribution is 2.43. The summed E-state index contributed by atoms with van der Waals surface area (Å²) in [6.45, 7) is 6.01. The van der Waals surface area contributed by atoms with Gasteiger partial charge in [-0.1, -0.05) is 50.2 Å². The maximum absolute atomic E-state index is 6.03. The third kappa shape index (κ3) is 4.22. The highest BCUT2D eigenvalue weighted by atomic mass is 31.2. The van der Waals surface area contributed by atoms with Gasteiger partial charge in [0, 0.05) is 13.1 Å². The number of benzene rings is 2. The zero-order valence-electron chi connectivity index (χ0n) is 11.9. The lowest BCUT2D eigenvalue weighted by atomic mass is 10.3. The first kappa shape index (κ1) is 14.8. The van der Waals surface area contributed by atoms with E-state index in [0.29, 0.717) is 0 Å². The summed E-state index contributed by atoms with van der Waals surface area (Å²) in [5.74, 6) is 1.67. The summed E-state index contributed by atoms with van der Waals surface area (Å²) < 4.78 is 14.3. The first-order chi connectivity index (χ1) is 9.83. The summed E-state index contributed by atoms with van der Waals surface area (Å²) in [7, 11) is -1.14. The fraction of sp³-hybridized carbons (Fsp3) is 0.250. The molecule has 2 aromatic rings. The second-order valence-electron chi connectivity index (χ2n) is 4.19. The van der Waals surface area contributed by atoms with Gasteiger partial charge in [0.2, 0.25) is 0 Å². The lowest BCUT2D eigenvalue weighted by Crippen LogP contribution is -2.22. The molecule has 0 bridgehead atoms. The number of hydrogen-bond acceptors (Lipinski definition) is 3. The molecule has 0 aromatic heterocycles. The molecule has 3 nitrogen and oxygen atoms in total. The van der Waals surface area contributed by atoms with Crippen LogP contribution in [-0.4, -0.2) is 17.8 Å². The molecule has 0 N–H and O–H groups in total. The molecule has 20 heavy (non-hydrogen) atoms. The smallest absolute Gasteiger partial charge is 0.384 e. The van der Waals surface area contributed by atoms with Crippen molar-refractivity contribution in [2.45, 2.75) is 13.8 Å². The summed E-state index contributed by atoms with van der Waals surface area (Å²) in [6, 6.07) is 19.6. The minimum Gasteiger partial charge on any atom is -0.427 e. The van der Waals surface area contributed by atoms with Crippen LogP contribution in [0.1, 0.15) is 13.8 Å². The first-order valence-electron chi connectivity index (χ1n) is 6.84. The van der Waals surface area contributed by atoms with Crippen molar-refractivity contribution >= 4 is 8.53 Å². The Labute approximate surface area is 122 Å². The van der Waals surface area contributed by atoms with Crippen molar-refractivity contribution in [2.24, 2.45) is 0 Å². The molecule has 0 fully saturated rings. The molecule has 0 spiro atoms. The molecule has 4 heteroatoms. The molecule has 0 aliphatic carbocycles. The normalized spacial score (nSPS) is 10.8. The van der Waals surface area contributed by atoms with Gasteiger partial charge in [0.25, 0.3) is 0 Å². The zero-order chi connectivity index (χ0) is 14.2. The van der Waals surface area contributed by atoms with Crippen LogP contribution >= 0.6 is 8.53 Å². The van der Waals surface area contributed by atoms with E-state index in [1.54, 1.807) is 0 Å². The van der Waals surface area contributed by atoms with Crippen molar-refractivity contribution in [1.82, 2.24) is 4.67 Å². The average Bonchev–Trinajstić information content (AvgIpc) is 2.50. The topological polar surface area (TPSA) is 21.7 Å². The van der Waals surface area contributed by atoms with Gasteiger partial charge in [0.05, 0.1) is 0 Å². The van der Waals surface area contributed by atoms with E-state index in [4.69, 9.17) is 9.05 Å². The zero-order valence-corrected chi connectivity index (χ0v) is 12.8. The lowest BCUT2D eigenvalue weighted by molar-refractivity contribution is 0.372. The van der Waals surface area contributed by atoms with Crippen molar-refractivity contribution in [3.8, 4) is 11.5 Å². The maximum atomic E-state index is 6.03. The van der Waals surface area contributed by atoms with Gasteiger partial charge in [-0.25, -0.2) is 4.67 Å². The molecule has 0 aliphatic rings. The molecule has 0 radical (unpaired) electrons.